The van der Waals surface area contributed by atoms with Crippen LogP contribution in [0.5, 0.6) is 5.75 Å². The maximum Gasteiger partial charge on any atom is 0.244 e. The number of nitrogens with zero attached hydrogens (tertiary/aromatic N) is 2. The van der Waals surface area contributed by atoms with Crippen LogP contribution in [0.4, 0.5) is 5.69 Å². The number of ether oxygens (including phenoxy) is 1. The number of amides is 2. The van der Waals surface area contributed by atoms with Crippen molar-refractivity contribution in [2.45, 2.75) is 32.9 Å². The molecule has 0 saturated heterocycles. The first-order valence-electron chi connectivity index (χ1n) is 10.5. The Hall–Kier alpha value is -2.78. The quantitative estimate of drug-likeness (QED) is 0.517. The summed E-state index contributed by atoms with van der Waals surface area (Å²) in [6.45, 7) is 3.68. The third kappa shape index (κ3) is 7.36. The molecule has 0 aliphatic carbocycles. The van der Waals surface area contributed by atoms with E-state index < -0.39 is 28.5 Å². The van der Waals surface area contributed by atoms with Crippen molar-refractivity contribution in [1.29, 1.82) is 0 Å². The van der Waals surface area contributed by atoms with E-state index in [0.717, 1.165) is 16.1 Å². The molecule has 0 bridgehead atoms. The number of methoxy groups -OCH3 is 1. The van der Waals surface area contributed by atoms with Gasteiger partial charge in [-0.15, -0.1) is 0 Å². The van der Waals surface area contributed by atoms with Crippen molar-refractivity contribution in [3.8, 4) is 5.75 Å². The van der Waals surface area contributed by atoms with Crippen LogP contribution in [0.3, 0.4) is 0 Å². The van der Waals surface area contributed by atoms with Crippen LogP contribution in [-0.4, -0.2) is 57.6 Å². The zero-order valence-corrected chi connectivity index (χ0v) is 20.8. The molecule has 33 heavy (non-hydrogen) atoms. The molecule has 180 valence electrons. The van der Waals surface area contributed by atoms with Gasteiger partial charge in [-0.1, -0.05) is 36.7 Å². The maximum atomic E-state index is 13.5. The number of anilines is 1. The number of likely N-dealkylation sites (N-methyl/N-ethyl adjacent to an activating group) is 1. The molecular formula is C23H30ClN3O5S. The number of hydrogen-bond donors (Lipinski definition) is 1. The van der Waals surface area contributed by atoms with Crippen LogP contribution < -0.4 is 14.4 Å². The number of benzene rings is 2. The lowest BCUT2D eigenvalue weighted by molar-refractivity contribution is -0.140. The van der Waals surface area contributed by atoms with Gasteiger partial charge in [0.1, 0.15) is 18.3 Å². The zero-order valence-electron chi connectivity index (χ0n) is 19.2. The first-order chi connectivity index (χ1) is 15.6. The van der Waals surface area contributed by atoms with Crippen molar-refractivity contribution < 1.29 is 22.7 Å². The molecule has 2 amide bonds. The minimum Gasteiger partial charge on any atom is -0.497 e. The topological polar surface area (TPSA) is 96.0 Å². The van der Waals surface area contributed by atoms with E-state index in [1.54, 1.807) is 63.4 Å². The van der Waals surface area contributed by atoms with Gasteiger partial charge in [-0.25, -0.2) is 8.42 Å². The Labute approximate surface area is 200 Å². The number of halogens is 1. The Morgan fingerprint density at radius 3 is 2.30 bits per heavy atom. The SMILES string of the molecule is CCNC(=O)[C@H](CC)N(Cc1ccc(OC)cc1)C(=O)CN(c1cccc(Cl)c1)S(C)(=O)=O. The fourth-order valence-corrected chi connectivity index (χ4v) is 4.41. The molecule has 10 heteroatoms. The van der Waals surface area contributed by atoms with Crippen molar-refractivity contribution in [3.05, 3.63) is 59.1 Å². The summed E-state index contributed by atoms with van der Waals surface area (Å²) in [5.41, 5.74) is 1.05. The Morgan fingerprint density at radius 1 is 1.12 bits per heavy atom. The molecule has 2 rings (SSSR count). The first-order valence-corrected chi connectivity index (χ1v) is 12.8. The highest BCUT2D eigenvalue weighted by Crippen LogP contribution is 2.23. The lowest BCUT2D eigenvalue weighted by Crippen LogP contribution is -2.52. The standard InChI is InChI=1S/C23H30ClN3O5S/c1-5-21(23(29)25-6-2)26(15-17-10-12-20(32-3)13-11-17)22(28)16-27(33(4,30)31)19-9-7-8-18(24)14-19/h7-14,21H,5-6,15-16H2,1-4H3,(H,25,29)/t21-/m0/s1. The number of nitrogens with one attached hydrogen (secondary N) is 1. The highest BCUT2D eigenvalue weighted by Gasteiger charge is 2.31. The number of carbonyl (C=O) groups is 2. The second-order valence-electron chi connectivity index (χ2n) is 7.44. The monoisotopic (exact) mass is 495 g/mol. The number of sulfonamides is 1. The van der Waals surface area contributed by atoms with E-state index >= 15 is 0 Å². The van der Waals surface area contributed by atoms with Gasteiger partial charge >= 0.3 is 0 Å². The van der Waals surface area contributed by atoms with Crippen molar-refractivity contribution in [2.75, 3.05) is 30.8 Å². The summed E-state index contributed by atoms with van der Waals surface area (Å²) in [6.07, 6.45) is 1.39. The smallest absolute Gasteiger partial charge is 0.244 e. The van der Waals surface area contributed by atoms with Gasteiger partial charge in [0.25, 0.3) is 0 Å². The molecular weight excluding hydrogens is 466 g/mol. The van der Waals surface area contributed by atoms with Crippen molar-refractivity contribution in [1.82, 2.24) is 10.2 Å². The van der Waals surface area contributed by atoms with Gasteiger partial charge in [0.15, 0.2) is 0 Å². The molecule has 8 nitrogen and oxygen atoms in total. The molecule has 0 aliphatic rings. The summed E-state index contributed by atoms with van der Waals surface area (Å²) >= 11 is 6.04. The van der Waals surface area contributed by atoms with Gasteiger partial charge in [-0.05, 0) is 49.2 Å². The average molecular weight is 496 g/mol. The Morgan fingerprint density at radius 2 is 1.79 bits per heavy atom. The number of rotatable bonds is 11. The highest BCUT2D eigenvalue weighted by atomic mass is 35.5. The molecule has 1 atom stereocenters. The predicted molar refractivity (Wildman–Crippen MR) is 130 cm³/mol. The highest BCUT2D eigenvalue weighted by molar-refractivity contribution is 7.92. The van der Waals surface area contributed by atoms with Crippen LogP contribution in [0.25, 0.3) is 0 Å². The first kappa shape index (κ1) is 26.5. The lowest BCUT2D eigenvalue weighted by Gasteiger charge is -2.32. The van der Waals surface area contributed by atoms with Crippen LogP contribution in [0, 0.1) is 0 Å². The maximum absolute atomic E-state index is 13.5. The molecule has 0 fully saturated rings. The van der Waals surface area contributed by atoms with E-state index in [2.05, 4.69) is 5.32 Å². The third-order valence-corrected chi connectivity index (χ3v) is 6.40. The van der Waals surface area contributed by atoms with Gasteiger partial charge in [-0.3, -0.25) is 13.9 Å². The predicted octanol–water partition coefficient (Wildman–Crippen LogP) is 3.06. The normalized spacial score (nSPS) is 12.0. The molecule has 1 N–H and O–H groups in total. The van der Waals surface area contributed by atoms with Gasteiger partial charge < -0.3 is 15.0 Å². The van der Waals surface area contributed by atoms with Crippen LogP contribution in [0.15, 0.2) is 48.5 Å². The van der Waals surface area contributed by atoms with Crippen molar-refractivity contribution in [3.63, 3.8) is 0 Å². The summed E-state index contributed by atoms with van der Waals surface area (Å²) in [4.78, 5) is 27.6. The summed E-state index contributed by atoms with van der Waals surface area (Å²) in [5.74, 6) is -0.138. The van der Waals surface area contributed by atoms with E-state index in [4.69, 9.17) is 16.3 Å². The number of carbonyl (C=O) groups excluding carboxylic acids is 2. The minimum atomic E-state index is -3.80. The van der Waals surface area contributed by atoms with Crippen molar-refractivity contribution in [2.24, 2.45) is 0 Å². The molecule has 2 aromatic carbocycles. The van der Waals surface area contributed by atoms with E-state index in [0.29, 0.717) is 23.7 Å². The van der Waals surface area contributed by atoms with E-state index in [-0.39, 0.29) is 18.1 Å². The van der Waals surface area contributed by atoms with Crippen molar-refractivity contribution >= 4 is 39.1 Å². The van der Waals surface area contributed by atoms with Gasteiger partial charge in [0, 0.05) is 18.1 Å². The van der Waals surface area contributed by atoms with E-state index in [1.165, 1.54) is 11.0 Å². The summed E-state index contributed by atoms with van der Waals surface area (Å²) < 4.78 is 31.2. The van der Waals surface area contributed by atoms with Crippen LogP contribution in [0.2, 0.25) is 5.02 Å². The molecule has 0 saturated carbocycles. The second kappa shape index (κ2) is 11.9. The molecule has 0 aliphatic heterocycles. The molecule has 0 heterocycles. The van der Waals surface area contributed by atoms with Gasteiger partial charge in [0.05, 0.1) is 19.1 Å². The largest absolute Gasteiger partial charge is 0.497 e. The van der Waals surface area contributed by atoms with Gasteiger partial charge in [-0.2, -0.15) is 0 Å². The minimum absolute atomic E-state index is 0.131. The van der Waals surface area contributed by atoms with E-state index in [1.807, 2.05) is 0 Å². The summed E-state index contributed by atoms with van der Waals surface area (Å²) in [5, 5.41) is 3.10. The van der Waals surface area contributed by atoms with E-state index in [9.17, 15) is 18.0 Å². The van der Waals surface area contributed by atoms with Gasteiger partial charge in [0.2, 0.25) is 21.8 Å². The fourth-order valence-electron chi connectivity index (χ4n) is 3.38. The molecule has 0 unspecified atom stereocenters. The Bertz CT molecular complexity index is 1060. The molecule has 0 aromatic heterocycles. The molecule has 0 spiro atoms. The lowest BCUT2D eigenvalue weighted by atomic mass is 10.1. The second-order valence-corrected chi connectivity index (χ2v) is 9.78. The Balaban J connectivity index is 2.42. The summed E-state index contributed by atoms with van der Waals surface area (Å²) in [6, 6.07) is 12.6. The number of hydrogen-bond acceptors (Lipinski definition) is 5. The third-order valence-electron chi connectivity index (χ3n) is 5.02. The fraction of sp³-hybridized carbons (Fsp3) is 0.391. The average Bonchev–Trinajstić information content (AvgIpc) is 2.77. The van der Waals surface area contributed by atoms with Crippen LogP contribution >= 0.6 is 11.6 Å². The zero-order chi connectivity index (χ0) is 24.6. The molecule has 0 radical (unpaired) electrons. The molecule has 2 aromatic rings. The van der Waals surface area contributed by atoms with Crippen LogP contribution in [-0.2, 0) is 26.2 Å². The summed E-state index contributed by atoms with van der Waals surface area (Å²) in [7, 11) is -2.24. The van der Waals surface area contributed by atoms with Crippen LogP contribution in [0.1, 0.15) is 25.8 Å². The Kier molecular flexibility index (Phi) is 9.55.